The molecule has 1 saturated heterocycles. The van der Waals surface area contributed by atoms with Crippen molar-refractivity contribution in [3.05, 3.63) is 48.6 Å². The highest BCUT2D eigenvalue weighted by Crippen LogP contribution is 2.23. The quantitative estimate of drug-likeness (QED) is 0.0201. The van der Waals surface area contributed by atoms with Crippen molar-refractivity contribution >= 4 is 5.91 Å². The van der Waals surface area contributed by atoms with Crippen molar-refractivity contribution in [2.24, 2.45) is 0 Å². The number of allylic oxidation sites excluding steroid dienone is 7. The van der Waals surface area contributed by atoms with Crippen molar-refractivity contribution in [2.45, 2.75) is 301 Å². The number of aliphatic hydroxyl groups excluding tert-OH is 5. The zero-order chi connectivity index (χ0) is 48.7. The number of aliphatic hydroxyl groups is 5. The summed E-state index contributed by atoms with van der Waals surface area (Å²) in [6.07, 6.45) is 56.0. The summed E-state index contributed by atoms with van der Waals surface area (Å²) in [5.74, 6) is -0.189. The van der Waals surface area contributed by atoms with Crippen molar-refractivity contribution in [2.75, 3.05) is 13.2 Å². The monoisotopic (exact) mass is 946 g/mol. The Labute approximate surface area is 412 Å². The molecule has 1 aliphatic heterocycles. The van der Waals surface area contributed by atoms with Gasteiger partial charge in [0.1, 0.15) is 24.4 Å². The summed E-state index contributed by atoms with van der Waals surface area (Å²) in [7, 11) is 0. The lowest BCUT2D eigenvalue weighted by atomic mass is 9.99. The predicted molar refractivity (Wildman–Crippen MR) is 281 cm³/mol. The van der Waals surface area contributed by atoms with Gasteiger partial charge in [-0.2, -0.15) is 0 Å². The largest absolute Gasteiger partial charge is 0.394 e. The van der Waals surface area contributed by atoms with Gasteiger partial charge in [0.05, 0.1) is 25.4 Å². The molecule has 392 valence electrons. The molecule has 0 aromatic carbocycles. The second-order valence-corrected chi connectivity index (χ2v) is 19.8. The van der Waals surface area contributed by atoms with Crippen LogP contribution in [0.1, 0.15) is 258 Å². The molecular formula is C58H107NO8. The number of hydrogen-bond donors (Lipinski definition) is 6. The van der Waals surface area contributed by atoms with Crippen molar-refractivity contribution in [1.29, 1.82) is 0 Å². The number of carbonyl (C=O) groups is 1. The van der Waals surface area contributed by atoms with Gasteiger partial charge in [-0.05, 0) is 57.8 Å². The number of nitrogens with one attached hydrogen (secondary N) is 1. The van der Waals surface area contributed by atoms with E-state index in [-0.39, 0.29) is 12.5 Å². The molecule has 0 aromatic rings. The molecule has 0 aromatic heterocycles. The van der Waals surface area contributed by atoms with Crippen molar-refractivity contribution in [3.8, 4) is 0 Å². The molecule has 0 radical (unpaired) electrons. The third-order valence-corrected chi connectivity index (χ3v) is 13.4. The van der Waals surface area contributed by atoms with Gasteiger partial charge in [0, 0.05) is 6.42 Å². The summed E-state index contributed by atoms with van der Waals surface area (Å²) in [5.41, 5.74) is 0. The molecule has 67 heavy (non-hydrogen) atoms. The summed E-state index contributed by atoms with van der Waals surface area (Å²) in [5, 5.41) is 54.5. The van der Waals surface area contributed by atoms with Gasteiger partial charge in [-0.1, -0.05) is 242 Å². The minimum Gasteiger partial charge on any atom is -0.394 e. The van der Waals surface area contributed by atoms with Crippen LogP contribution in [0.3, 0.4) is 0 Å². The summed E-state index contributed by atoms with van der Waals surface area (Å²) >= 11 is 0. The zero-order valence-corrected chi connectivity index (χ0v) is 43.4. The molecular weight excluding hydrogens is 839 g/mol. The first-order chi connectivity index (χ1) is 32.8. The van der Waals surface area contributed by atoms with Crippen LogP contribution in [0.5, 0.6) is 0 Å². The van der Waals surface area contributed by atoms with Crippen molar-refractivity contribution in [3.63, 3.8) is 0 Å². The Morgan fingerprint density at radius 3 is 1.37 bits per heavy atom. The van der Waals surface area contributed by atoms with Crippen LogP contribution in [0.4, 0.5) is 0 Å². The smallest absolute Gasteiger partial charge is 0.220 e. The molecule has 0 spiro atoms. The lowest BCUT2D eigenvalue weighted by Crippen LogP contribution is -2.60. The topological polar surface area (TPSA) is 149 Å². The second-order valence-electron chi connectivity index (χ2n) is 19.8. The summed E-state index contributed by atoms with van der Waals surface area (Å²) < 4.78 is 11.3. The summed E-state index contributed by atoms with van der Waals surface area (Å²) in [6.45, 7) is 3.75. The first kappa shape index (κ1) is 63.2. The van der Waals surface area contributed by atoms with E-state index in [9.17, 15) is 30.3 Å². The first-order valence-corrected chi connectivity index (χ1v) is 28.4. The normalized spacial score (nSPS) is 20.0. The third kappa shape index (κ3) is 37.6. The molecule has 1 aliphatic rings. The molecule has 6 N–H and O–H groups in total. The van der Waals surface area contributed by atoms with Crippen LogP contribution in [0, 0.1) is 0 Å². The maximum absolute atomic E-state index is 13.0. The lowest BCUT2D eigenvalue weighted by molar-refractivity contribution is -0.302. The van der Waals surface area contributed by atoms with Crippen LogP contribution in [-0.2, 0) is 14.3 Å². The molecule has 9 heteroatoms. The van der Waals surface area contributed by atoms with Crippen LogP contribution in [0.15, 0.2) is 48.6 Å². The van der Waals surface area contributed by atoms with Gasteiger partial charge < -0.3 is 40.3 Å². The van der Waals surface area contributed by atoms with E-state index in [0.717, 1.165) is 44.9 Å². The molecule has 7 unspecified atom stereocenters. The van der Waals surface area contributed by atoms with Crippen LogP contribution in [0.2, 0.25) is 0 Å². The van der Waals surface area contributed by atoms with E-state index in [0.29, 0.717) is 6.42 Å². The van der Waals surface area contributed by atoms with Gasteiger partial charge >= 0.3 is 0 Å². The minimum absolute atomic E-state index is 0.189. The second kappa shape index (κ2) is 47.8. The van der Waals surface area contributed by atoms with E-state index in [1.165, 1.54) is 193 Å². The maximum atomic E-state index is 13.0. The van der Waals surface area contributed by atoms with Gasteiger partial charge in [-0.25, -0.2) is 0 Å². The number of carbonyl (C=O) groups excluding carboxylic acids is 1. The Balaban J connectivity index is 2.26. The van der Waals surface area contributed by atoms with E-state index in [2.05, 4.69) is 55.6 Å². The standard InChI is InChI=1S/C58H107NO8/c1-3-5-7-9-11-13-15-17-19-21-23-24-25-26-27-28-30-31-33-35-37-39-41-43-45-47-52(61)51(50-66-58-57(65)56(64)55(63)53(49-60)67-58)59-54(62)48-46-44-42-40-38-36-34-32-29-22-20-18-16-14-12-10-8-6-4-2/h12,14,16,18,37,39,45,47,51-53,55-58,60-61,63-65H,3-11,13,15,17,19-36,38,40-44,46,48-50H2,1-2H3,(H,59,62)/b14-12-,18-16-,39-37+,47-45+. The molecule has 0 saturated carbocycles. The minimum atomic E-state index is -1.57. The molecule has 1 fully saturated rings. The highest BCUT2D eigenvalue weighted by Gasteiger charge is 2.44. The Kier molecular flexibility index (Phi) is 45.1. The van der Waals surface area contributed by atoms with E-state index >= 15 is 0 Å². The fourth-order valence-corrected chi connectivity index (χ4v) is 8.87. The number of rotatable bonds is 48. The number of hydrogen-bond acceptors (Lipinski definition) is 8. The molecule has 1 rings (SSSR count). The molecule has 0 aliphatic carbocycles. The first-order valence-electron chi connectivity index (χ1n) is 28.4. The number of unbranched alkanes of at least 4 members (excludes halogenated alkanes) is 33. The van der Waals surface area contributed by atoms with E-state index < -0.39 is 49.5 Å². The Bertz CT molecular complexity index is 1190. The van der Waals surface area contributed by atoms with Crippen LogP contribution in [-0.4, -0.2) is 87.5 Å². The van der Waals surface area contributed by atoms with Gasteiger partial charge in [-0.15, -0.1) is 0 Å². The predicted octanol–water partition coefficient (Wildman–Crippen LogP) is 13.7. The highest BCUT2D eigenvalue weighted by molar-refractivity contribution is 5.76. The number of ether oxygens (including phenoxy) is 2. The zero-order valence-electron chi connectivity index (χ0n) is 43.4. The molecule has 9 nitrogen and oxygen atoms in total. The fourth-order valence-electron chi connectivity index (χ4n) is 8.87. The van der Waals surface area contributed by atoms with Gasteiger partial charge in [-0.3, -0.25) is 4.79 Å². The average molecular weight is 946 g/mol. The Morgan fingerprint density at radius 2 is 0.896 bits per heavy atom. The van der Waals surface area contributed by atoms with E-state index in [1.807, 2.05) is 6.08 Å². The Hall–Kier alpha value is -1.85. The fraction of sp³-hybridized carbons (Fsp3) is 0.845. The van der Waals surface area contributed by atoms with Crippen LogP contribution in [0.25, 0.3) is 0 Å². The average Bonchev–Trinajstić information content (AvgIpc) is 3.33. The van der Waals surface area contributed by atoms with E-state index in [1.54, 1.807) is 6.08 Å². The summed E-state index contributed by atoms with van der Waals surface area (Å²) in [4.78, 5) is 13.0. The van der Waals surface area contributed by atoms with E-state index in [4.69, 9.17) is 9.47 Å². The molecule has 7 atom stereocenters. The molecule has 1 heterocycles. The third-order valence-electron chi connectivity index (χ3n) is 13.4. The highest BCUT2D eigenvalue weighted by atomic mass is 16.7. The summed E-state index contributed by atoms with van der Waals surface area (Å²) in [6, 6.07) is -0.825. The van der Waals surface area contributed by atoms with Crippen molar-refractivity contribution < 1.29 is 39.8 Å². The van der Waals surface area contributed by atoms with Gasteiger partial charge in [0.15, 0.2) is 6.29 Å². The van der Waals surface area contributed by atoms with Gasteiger partial charge in [0.25, 0.3) is 0 Å². The Morgan fingerprint density at radius 1 is 0.507 bits per heavy atom. The van der Waals surface area contributed by atoms with Gasteiger partial charge in [0.2, 0.25) is 5.91 Å². The van der Waals surface area contributed by atoms with Crippen LogP contribution >= 0.6 is 0 Å². The lowest BCUT2D eigenvalue weighted by Gasteiger charge is -2.40. The number of amides is 1. The molecule has 0 bridgehead atoms. The molecule has 1 amide bonds. The van der Waals surface area contributed by atoms with Crippen LogP contribution < -0.4 is 5.32 Å². The van der Waals surface area contributed by atoms with Crippen molar-refractivity contribution in [1.82, 2.24) is 5.32 Å². The maximum Gasteiger partial charge on any atom is 0.220 e. The SMILES string of the molecule is CCCCC/C=C\C=C/CCCCCCCCCCCCC(=O)NC(COC1OC(CO)C(O)C(O)C1O)C(O)/C=C/CC/C=C/CCCCCCCCCCCCCCCCCCCCC.